The average molecular weight is 313 g/mol. The lowest BCUT2D eigenvalue weighted by Gasteiger charge is -2.04. The molecule has 23 heavy (non-hydrogen) atoms. The van der Waals surface area contributed by atoms with Gasteiger partial charge in [0.1, 0.15) is 5.75 Å². The van der Waals surface area contributed by atoms with E-state index in [2.05, 4.69) is 10.5 Å². The molecule has 0 spiro atoms. The molecule has 0 bridgehead atoms. The Morgan fingerprint density at radius 1 is 1.30 bits per heavy atom. The van der Waals surface area contributed by atoms with E-state index in [9.17, 15) is 14.9 Å². The highest BCUT2D eigenvalue weighted by atomic mass is 16.6. The molecule has 0 radical (unpaired) electrons. The number of carbonyl (C=O) groups excluding carboxylic acids is 1. The largest absolute Gasteiger partial charge is 0.496 e. The molecule has 1 N–H and O–H groups in total. The van der Waals surface area contributed by atoms with Gasteiger partial charge in [0.05, 0.1) is 18.2 Å². The van der Waals surface area contributed by atoms with Crippen LogP contribution in [0.1, 0.15) is 21.5 Å². The molecule has 7 heteroatoms. The van der Waals surface area contributed by atoms with Crippen molar-refractivity contribution < 1.29 is 14.5 Å². The van der Waals surface area contributed by atoms with Crippen LogP contribution in [0, 0.1) is 17.0 Å². The molecule has 0 aliphatic heterocycles. The zero-order chi connectivity index (χ0) is 16.8. The van der Waals surface area contributed by atoms with E-state index in [0.717, 1.165) is 0 Å². The third kappa shape index (κ3) is 3.91. The summed E-state index contributed by atoms with van der Waals surface area (Å²) in [4.78, 5) is 22.4. The molecular weight excluding hydrogens is 298 g/mol. The molecule has 0 unspecified atom stereocenters. The fraction of sp³-hybridized carbons (Fsp3) is 0.125. The number of rotatable bonds is 5. The first kappa shape index (κ1) is 16.2. The normalized spacial score (nSPS) is 10.5. The average Bonchev–Trinajstić information content (AvgIpc) is 2.55. The van der Waals surface area contributed by atoms with Gasteiger partial charge in [-0.05, 0) is 25.1 Å². The molecule has 0 atom stereocenters. The van der Waals surface area contributed by atoms with Crippen molar-refractivity contribution in [1.29, 1.82) is 0 Å². The van der Waals surface area contributed by atoms with Crippen molar-refractivity contribution in [2.24, 2.45) is 5.10 Å². The molecule has 0 heterocycles. The molecule has 0 saturated carbocycles. The number of carbonyl (C=O) groups is 1. The molecule has 7 nitrogen and oxygen atoms in total. The van der Waals surface area contributed by atoms with Crippen molar-refractivity contribution >= 4 is 17.8 Å². The van der Waals surface area contributed by atoms with Crippen LogP contribution in [-0.4, -0.2) is 24.2 Å². The summed E-state index contributed by atoms with van der Waals surface area (Å²) in [5, 5.41) is 14.7. The molecule has 0 saturated heterocycles. The third-order valence-electron chi connectivity index (χ3n) is 3.18. The van der Waals surface area contributed by atoms with Crippen LogP contribution in [0.5, 0.6) is 5.75 Å². The highest BCUT2D eigenvalue weighted by molar-refractivity contribution is 5.95. The summed E-state index contributed by atoms with van der Waals surface area (Å²) in [6.45, 7) is 1.61. The van der Waals surface area contributed by atoms with Crippen LogP contribution >= 0.6 is 0 Å². The van der Waals surface area contributed by atoms with Crippen molar-refractivity contribution in [2.45, 2.75) is 6.92 Å². The number of nitro benzene ring substituents is 1. The lowest BCUT2D eigenvalue weighted by Crippen LogP contribution is -2.17. The van der Waals surface area contributed by atoms with E-state index in [1.165, 1.54) is 31.5 Å². The zero-order valence-corrected chi connectivity index (χ0v) is 12.6. The summed E-state index contributed by atoms with van der Waals surface area (Å²) in [7, 11) is 1.54. The topological polar surface area (TPSA) is 93.8 Å². The van der Waals surface area contributed by atoms with Gasteiger partial charge in [0, 0.05) is 22.8 Å². The van der Waals surface area contributed by atoms with Crippen LogP contribution in [0.15, 0.2) is 47.6 Å². The Bertz CT molecular complexity index is 772. The van der Waals surface area contributed by atoms with E-state index in [4.69, 9.17) is 4.74 Å². The van der Waals surface area contributed by atoms with Gasteiger partial charge >= 0.3 is 0 Å². The minimum Gasteiger partial charge on any atom is -0.496 e. The molecule has 2 aromatic rings. The Kier molecular flexibility index (Phi) is 5.03. The van der Waals surface area contributed by atoms with E-state index in [1.807, 2.05) is 12.1 Å². The van der Waals surface area contributed by atoms with Gasteiger partial charge in [-0.3, -0.25) is 14.9 Å². The number of amides is 1. The highest BCUT2D eigenvalue weighted by Crippen LogP contribution is 2.19. The van der Waals surface area contributed by atoms with E-state index < -0.39 is 10.8 Å². The molecule has 0 aliphatic carbocycles. The second-order valence-electron chi connectivity index (χ2n) is 4.70. The minimum absolute atomic E-state index is 0.105. The van der Waals surface area contributed by atoms with Gasteiger partial charge in [-0.2, -0.15) is 5.10 Å². The molecule has 1 amide bonds. The predicted octanol–water partition coefficient (Wildman–Crippen LogP) is 2.68. The number of methoxy groups -OCH3 is 1. The Labute approximate surface area is 132 Å². The van der Waals surface area contributed by atoms with Crippen molar-refractivity contribution in [1.82, 2.24) is 5.43 Å². The number of para-hydroxylation sites is 1. The van der Waals surface area contributed by atoms with E-state index in [1.54, 1.807) is 19.1 Å². The zero-order valence-electron chi connectivity index (χ0n) is 12.6. The number of nitrogens with one attached hydrogen (secondary N) is 1. The fourth-order valence-corrected chi connectivity index (χ4v) is 1.95. The van der Waals surface area contributed by atoms with E-state index in [-0.39, 0.29) is 11.3 Å². The van der Waals surface area contributed by atoms with Gasteiger partial charge in [0.2, 0.25) is 0 Å². The number of hydrogen-bond donors (Lipinski definition) is 1. The molecule has 2 aromatic carbocycles. The Hall–Kier alpha value is -3.22. The van der Waals surface area contributed by atoms with Gasteiger partial charge in [-0.1, -0.05) is 18.2 Å². The molecular formula is C16H15N3O4. The number of nitro groups is 1. The van der Waals surface area contributed by atoms with Crippen molar-refractivity contribution in [3.05, 3.63) is 69.3 Å². The first-order valence-corrected chi connectivity index (χ1v) is 6.74. The van der Waals surface area contributed by atoms with Gasteiger partial charge < -0.3 is 4.74 Å². The SMILES string of the molecule is COc1ccccc1/C=N\NC(=O)c1ccc(C)c([N+](=O)[O-])c1. The third-order valence-corrected chi connectivity index (χ3v) is 3.18. The molecule has 2 rings (SSSR count). The van der Waals surface area contributed by atoms with Gasteiger partial charge in [-0.15, -0.1) is 0 Å². The van der Waals surface area contributed by atoms with Gasteiger partial charge in [0.15, 0.2) is 0 Å². The van der Waals surface area contributed by atoms with Crippen molar-refractivity contribution in [3.63, 3.8) is 0 Å². The van der Waals surface area contributed by atoms with Crippen molar-refractivity contribution in [2.75, 3.05) is 7.11 Å². The lowest BCUT2D eigenvalue weighted by atomic mass is 10.1. The van der Waals surface area contributed by atoms with Gasteiger partial charge in [-0.25, -0.2) is 5.43 Å². The molecule has 118 valence electrons. The summed E-state index contributed by atoms with van der Waals surface area (Å²) < 4.78 is 5.16. The summed E-state index contributed by atoms with van der Waals surface area (Å²) in [6, 6.07) is 11.4. The summed E-state index contributed by atoms with van der Waals surface area (Å²) >= 11 is 0. The maximum absolute atomic E-state index is 12.0. The quantitative estimate of drug-likeness (QED) is 0.521. The molecule has 0 fully saturated rings. The predicted molar refractivity (Wildman–Crippen MR) is 85.9 cm³/mol. The number of ether oxygens (including phenoxy) is 1. The van der Waals surface area contributed by atoms with Crippen molar-refractivity contribution in [3.8, 4) is 5.75 Å². The first-order chi connectivity index (χ1) is 11.0. The fourth-order valence-electron chi connectivity index (χ4n) is 1.95. The number of nitrogens with zero attached hydrogens (tertiary/aromatic N) is 2. The Morgan fingerprint density at radius 3 is 2.74 bits per heavy atom. The second-order valence-corrected chi connectivity index (χ2v) is 4.70. The van der Waals surface area contributed by atoms with Crippen LogP contribution in [0.3, 0.4) is 0 Å². The Morgan fingerprint density at radius 2 is 2.04 bits per heavy atom. The standard InChI is InChI=1S/C16H15N3O4/c1-11-7-8-12(9-14(11)19(21)22)16(20)18-17-10-13-5-3-4-6-15(13)23-2/h3-10H,1-2H3,(H,18,20)/b17-10-. The number of hydrazone groups is 1. The van der Waals surface area contributed by atoms with Gasteiger partial charge in [0.25, 0.3) is 11.6 Å². The smallest absolute Gasteiger partial charge is 0.273 e. The first-order valence-electron chi connectivity index (χ1n) is 6.74. The molecule has 0 aromatic heterocycles. The lowest BCUT2D eigenvalue weighted by molar-refractivity contribution is -0.385. The molecule has 0 aliphatic rings. The second kappa shape index (κ2) is 7.17. The summed E-state index contributed by atoms with van der Waals surface area (Å²) in [5.74, 6) is 0.0933. The Balaban J connectivity index is 2.12. The highest BCUT2D eigenvalue weighted by Gasteiger charge is 2.14. The number of benzene rings is 2. The number of hydrogen-bond acceptors (Lipinski definition) is 5. The summed E-state index contributed by atoms with van der Waals surface area (Å²) in [6.07, 6.45) is 1.44. The minimum atomic E-state index is -0.528. The van der Waals surface area contributed by atoms with E-state index >= 15 is 0 Å². The van der Waals surface area contributed by atoms with Crippen LogP contribution in [-0.2, 0) is 0 Å². The maximum atomic E-state index is 12.0. The number of aryl methyl sites for hydroxylation is 1. The van der Waals surface area contributed by atoms with Crippen LogP contribution in [0.25, 0.3) is 0 Å². The van der Waals surface area contributed by atoms with Crippen LogP contribution in [0.2, 0.25) is 0 Å². The monoisotopic (exact) mass is 313 g/mol. The van der Waals surface area contributed by atoms with E-state index in [0.29, 0.717) is 16.9 Å². The van der Waals surface area contributed by atoms with Crippen LogP contribution in [0.4, 0.5) is 5.69 Å². The maximum Gasteiger partial charge on any atom is 0.273 e. The van der Waals surface area contributed by atoms with Crippen LogP contribution < -0.4 is 10.2 Å². The summed E-state index contributed by atoms with van der Waals surface area (Å²) in [5.41, 5.74) is 3.59.